The number of halogens is 2. The lowest BCUT2D eigenvalue weighted by Gasteiger charge is -2.37. The Bertz CT molecular complexity index is 1190. The molecule has 0 saturated carbocycles. The van der Waals surface area contributed by atoms with Crippen LogP contribution in [0.4, 0.5) is 5.13 Å². The summed E-state index contributed by atoms with van der Waals surface area (Å²) in [5.74, 6) is -0.711. The second-order valence-electron chi connectivity index (χ2n) is 7.89. The van der Waals surface area contributed by atoms with Crippen molar-refractivity contribution in [1.82, 2.24) is 24.8 Å². The van der Waals surface area contributed by atoms with Crippen molar-refractivity contribution in [2.45, 2.75) is 26.3 Å². The van der Waals surface area contributed by atoms with E-state index in [-0.39, 0.29) is 33.5 Å². The lowest BCUT2D eigenvalue weighted by molar-refractivity contribution is 0.0702. The highest BCUT2D eigenvalue weighted by atomic mass is 35.5. The third-order valence-electron chi connectivity index (χ3n) is 5.62. The van der Waals surface area contributed by atoms with Crippen LogP contribution in [0.5, 0.6) is 0 Å². The molecule has 1 amide bonds. The molecule has 2 atom stereocenters. The van der Waals surface area contributed by atoms with Gasteiger partial charge in [-0.2, -0.15) is 0 Å². The zero-order chi connectivity index (χ0) is 23.2. The fraction of sp³-hybridized carbons (Fsp3) is 0.400. The SMILES string of the molecule is Cc1[nH]c(C(=O)N[C@@H]2CCN(c3nc(-c4nccn4C)c(C(=O)O)s3)C[C@@H]2C)c(Cl)c1Cl. The minimum atomic E-state index is -1.03. The number of piperidine rings is 1. The first-order valence-corrected chi connectivity index (χ1v) is 11.6. The van der Waals surface area contributed by atoms with Gasteiger partial charge in [0.25, 0.3) is 5.91 Å². The van der Waals surface area contributed by atoms with E-state index in [4.69, 9.17) is 23.2 Å². The third-order valence-corrected chi connectivity index (χ3v) is 7.67. The van der Waals surface area contributed by atoms with Gasteiger partial charge >= 0.3 is 5.97 Å². The molecule has 1 aliphatic heterocycles. The number of carboxylic acids is 1. The Balaban J connectivity index is 1.49. The first kappa shape index (κ1) is 22.6. The molecular formula is C20H22Cl2N6O3S. The molecule has 4 heterocycles. The molecule has 3 aromatic heterocycles. The van der Waals surface area contributed by atoms with Gasteiger partial charge in [0.2, 0.25) is 0 Å². The number of aromatic amines is 1. The van der Waals surface area contributed by atoms with Crippen LogP contribution in [-0.4, -0.2) is 55.6 Å². The van der Waals surface area contributed by atoms with Crippen molar-refractivity contribution in [2.24, 2.45) is 13.0 Å². The van der Waals surface area contributed by atoms with Gasteiger partial charge in [-0.05, 0) is 19.3 Å². The molecule has 170 valence electrons. The number of aromatic carboxylic acids is 1. The number of carboxylic acid groups (broad SMARTS) is 1. The number of thiazole rings is 1. The van der Waals surface area contributed by atoms with Crippen LogP contribution >= 0.6 is 34.5 Å². The Hall–Kier alpha value is -2.56. The zero-order valence-electron chi connectivity index (χ0n) is 17.6. The van der Waals surface area contributed by atoms with E-state index in [9.17, 15) is 14.7 Å². The fourth-order valence-corrected chi connectivity index (χ4v) is 5.19. The van der Waals surface area contributed by atoms with Crippen molar-refractivity contribution in [2.75, 3.05) is 18.0 Å². The number of imidazole rings is 1. The summed E-state index contributed by atoms with van der Waals surface area (Å²) < 4.78 is 1.75. The van der Waals surface area contributed by atoms with Crippen LogP contribution in [0.15, 0.2) is 12.4 Å². The van der Waals surface area contributed by atoms with Gasteiger partial charge in [-0.3, -0.25) is 4.79 Å². The van der Waals surface area contributed by atoms with Gasteiger partial charge in [0.15, 0.2) is 11.0 Å². The van der Waals surface area contributed by atoms with Crippen molar-refractivity contribution >= 4 is 51.5 Å². The average Bonchev–Trinajstić information content (AvgIpc) is 3.43. The minimum Gasteiger partial charge on any atom is -0.477 e. The van der Waals surface area contributed by atoms with E-state index in [1.807, 2.05) is 6.92 Å². The standard InChI is InChI=1S/C20H22Cl2N6O3S/c1-9-8-28(6-4-11(9)25-18(29)14-13(22)12(21)10(2)24-14)20-26-15(16(32-20)19(30)31)17-23-5-7-27(17)3/h5,7,9,11,24H,4,6,8H2,1-3H3,(H,25,29)(H,30,31)/t9-,11+/m0/s1. The molecule has 0 spiro atoms. The largest absolute Gasteiger partial charge is 0.477 e. The van der Waals surface area contributed by atoms with Crippen LogP contribution in [-0.2, 0) is 7.05 Å². The van der Waals surface area contributed by atoms with Crippen LogP contribution in [0.1, 0.15) is 39.2 Å². The molecule has 0 radical (unpaired) electrons. The van der Waals surface area contributed by atoms with E-state index in [0.29, 0.717) is 46.9 Å². The molecular weight excluding hydrogens is 475 g/mol. The number of hydrogen-bond donors (Lipinski definition) is 3. The van der Waals surface area contributed by atoms with Gasteiger partial charge in [0.1, 0.15) is 16.3 Å². The Labute approximate surface area is 198 Å². The van der Waals surface area contributed by atoms with Crippen molar-refractivity contribution in [3.8, 4) is 11.5 Å². The van der Waals surface area contributed by atoms with E-state index >= 15 is 0 Å². The molecule has 32 heavy (non-hydrogen) atoms. The lowest BCUT2D eigenvalue weighted by atomic mass is 9.94. The molecule has 0 aliphatic carbocycles. The van der Waals surface area contributed by atoms with Crippen LogP contribution in [0.3, 0.4) is 0 Å². The van der Waals surface area contributed by atoms with Crippen molar-refractivity contribution in [1.29, 1.82) is 0 Å². The molecule has 1 fully saturated rings. The maximum Gasteiger partial charge on any atom is 0.348 e. The van der Waals surface area contributed by atoms with Crippen molar-refractivity contribution in [3.63, 3.8) is 0 Å². The normalized spacial score (nSPS) is 18.7. The molecule has 9 nitrogen and oxygen atoms in total. The van der Waals surface area contributed by atoms with Gasteiger partial charge in [-0.1, -0.05) is 41.5 Å². The highest BCUT2D eigenvalue weighted by Gasteiger charge is 2.32. The number of H-pyrrole nitrogens is 1. The second-order valence-corrected chi connectivity index (χ2v) is 9.62. The number of nitrogens with one attached hydrogen (secondary N) is 2. The first-order chi connectivity index (χ1) is 15.2. The predicted octanol–water partition coefficient (Wildman–Crippen LogP) is 3.83. The average molecular weight is 497 g/mol. The van der Waals surface area contributed by atoms with E-state index in [2.05, 4.69) is 25.2 Å². The summed E-state index contributed by atoms with van der Waals surface area (Å²) in [5, 5.41) is 13.9. The van der Waals surface area contributed by atoms with Crippen molar-refractivity contribution in [3.05, 3.63) is 38.7 Å². The number of carbonyl (C=O) groups is 2. The molecule has 3 aromatic rings. The topological polar surface area (TPSA) is 116 Å². The third kappa shape index (κ3) is 4.10. The van der Waals surface area contributed by atoms with Gasteiger partial charge in [-0.15, -0.1) is 0 Å². The number of carbonyl (C=O) groups excluding carboxylic acids is 1. The molecule has 4 rings (SSSR count). The summed E-state index contributed by atoms with van der Waals surface area (Å²) in [6.45, 7) is 5.04. The van der Waals surface area contributed by atoms with Crippen LogP contribution in [0, 0.1) is 12.8 Å². The number of aryl methyl sites for hydroxylation is 2. The Morgan fingerprint density at radius 1 is 1.34 bits per heavy atom. The molecule has 3 N–H and O–H groups in total. The van der Waals surface area contributed by atoms with Gasteiger partial charge in [0.05, 0.1) is 10.0 Å². The van der Waals surface area contributed by atoms with Crippen molar-refractivity contribution < 1.29 is 14.7 Å². The maximum atomic E-state index is 12.7. The summed E-state index contributed by atoms with van der Waals surface area (Å²) in [4.78, 5) is 38.5. The van der Waals surface area contributed by atoms with E-state index in [1.54, 1.807) is 30.9 Å². The number of aromatic nitrogens is 4. The maximum absolute atomic E-state index is 12.7. The quantitative estimate of drug-likeness (QED) is 0.494. The van der Waals surface area contributed by atoms with Gasteiger partial charge < -0.3 is 24.9 Å². The number of nitrogens with zero attached hydrogens (tertiary/aromatic N) is 4. The van der Waals surface area contributed by atoms with E-state index in [0.717, 1.165) is 11.3 Å². The number of rotatable bonds is 5. The summed E-state index contributed by atoms with van der Waals surface area (Å²) in [5.41, 5.74) is 1.27. The molecule has 0 aromatic carbocycles. The molecule has 0 bridgehead atoms. The smallest absolute Gasteiger partial charge is 0.348 e. The fourth-order valence-electron chi connectivity index (χ4n) is 3.84. The Morgan fingerprint density at radius 2 is 2.09 bits per heavy atom. The number of hydrogen-bond acceptors (Lipinski definition) is 6. The minimum absolute atomic E-state index is 0.0647. The lowest BCUT2D eigenvalue weighted by Crippen LogP contribution is -2.50. The van der Waals surface area contributed by atoms with Gasteiger partial charge in [-0.25, -0.2) is 14.8 Å². The summed E-state index contributed by atoms with van der Waals surface area (Å²) in [6.07, 6.45) is 4.04. The summed E-state index contributed by atoms with van der Waals surface area (Å²) in [6, 6.07) is -0.0647. The number of amides is 1. The number of anilines is 1. The zero-order valence-corrected chi connectivity index (χ0v) is 20.0. The molecule has 0 unspecified atom stereocenters. The summed E-state index contributed by atoms with van der Waals surface area (Å²) >= 11 is 13.4. The van der Waals surface area contributed by atoms with E-state index < -0.39 is 5.97 Å². The highest BCUT2D eigenvalue weighted by molar-refractivity contribution is 7.17. The molecule has 1 aliphatic rings. The first-order valence-electron chi connectivity index (χ1n) is 9.98. The molecule has 1 saturated heterocycles. The van der Waals surface area contributed by atoms with Crippen LogP contribution < -0.4 is 10.2 Å². The summed E-state index contributed by atoms with van der Waals surface area (Å²) in [7, 11) is 1.80. The van der Waals surface area contributed by atoms with Crippen LogP contribution in [0.25, 0.3) is 11.5 Å². The molecule has 12 heteroatoms. The Morgan fingerprint density at radius 3 is 2.66 bits per heavy atom. The van der Waals surface area contributed by atoms with E-state index in [1.165, 1.54) is 0 Å². The predicted molar refractivity (Wildman–Crippen MR) is 124 cm³/mol. The monoisotopic (exact) mass is 496 g/mol. The van der Waals surface area contributed by atoms with Gasteiger partial charge in [0, 0.05) is 44.3 Å². The second kappa shape index (κ2) is 8.76. The Kier molecular flexibility index (Phi) is 6.19. The van der Waals surface area contributed by atoms with Crippen LogP contribution in [0.2, 0.25) is 10.0 Å². The highest BCUT2D eigenvalue weighted by Crippen LogP contribution is 2.35.